The number of allylic oxidation sites excluding steroid dienone is 2. The fourth-order valence-corrected chi connectivity index (χ4v) is 2.87. The van der Waals surface area contributed by atoms with Gasteiger partial charge in [-0.2, -0.15) is 0 Å². The summed E-state index contributed by atoms with van der Waals surface area (Å²) < 4.78 is 14.2. The maximum absolute atomic E-state index is 14.2. The zero-order valence-corrected chi connectivity index (χ0v) is 16.3. The summed E-state index contributed by atoms with van der Waals surface area (Å²) in [5.74, 6) is -1.13. The van der Waals surface area contributed by atoms with Crippen LogP contribution in [0.1, 0.15) is 35.5 Å². The second-order valence-electron chi connectivity index (χ2n) is 6.40. The minimum atomic E-state index is -0.797. The van der Waals surface area contributed by atoms with Crippen molar-refractivity contribution >= 4 is 29.0 Å². The summed E-state index contributed by atoms with van der Waals surface area (Å²) in [4.78, 5) is 20.0. The zero-order valence-electron chi connectivity index (χ0n) is 15.5. The molecule has 0 aliphatic carbocycles. The number of rotatable bonds is 6. The molecule has 0 unspecified atom stereocenters. The molecule has 2 aromatic rings. The average Bonchev–Trinajstić information content (AvgIpc) is 2.63. The van der Waals surface area contributed by atoms with Crippen molar-refractivity contribution in [3.63, 3.8) is 0 Å². The molecule has 0 fully saturated rings. The second-order valence-corrected chi connectivity index (χ2v) is 6.80. The Kier molecular flexibility index (Phi) is 6.53. The van der Waals surface area contributed by atoms with Gasteiger partial charge in [0.25, 0.3) is 0 Å². The Labute approximate surface area is 167 Å². The fraction of sp³-hybridized carbons (Fsp3) is 0.150. The van der Waals surface area contributed by atoms with Crippen molar-refractivity contribution in [2.75, 3.05) is 0 Å². The SMILES string of the molecule is C=C/C(=C\NC(N)=NC(C)(C)c1ncccc1Cl)c1cc(C(N)=O)ccc1F. The quantitative estimate of drug-likeness (QED) is 0.392. The van der Waals surface area contributed by atoms with Gasteiger partial charge in [-0.1, -0.05) is 24.3 Å². The molecule has 0 atom stereocenters. The Morgan fingerprint density at radius 1 is 1.36 bits per heavy atom. The summed E-state index contributed by atoms with van der Waals surface area (Å²) in [6.45, 7) is 7.28. The number of carbonyl (C=O) groups excluding carboxylic acids is 1. The number of halogens is 2. The molecule has 5 N–H and O–H groups in total. The molecule has 28 heavy (non-hydrogen) atoms. The van der Waals surface area contributed by atoms with Crippen molar-refractivity contribution in [2.24, 2.45) is 16.5 Å². The number of primary amides is 1. The first-order valence-electron chi connectivity index (χ1n) is 8.31. The van der Waals surface area contributed by atoms with Crippen molar-refractivity contribution < 1.29 is 9.18 Å². The molecule has 146 valence electrons. The van der Waals surface area contributed by atoms with Crippen LogP contribution in [0.15, 0.2) is 60.4 Å². The minimum absolute atomic E-state index is 0.0672. The summed E-state index contributed by atoms with van der Waals surface area (Å²) in [7, 11) is 0. The Morgan fingerprint density at radius 3 is 2.68 bits per heavy atom. The van der Waals surface area contributed by atoms with Crippen LogP contribution in [0.2, 0.25) is 5.02 Å². The van der Waals surface area contributed by atoms with Crippen LogP contribution >= 0.6 is 11.6 Å². The number of hydrogen-bond acceptors (Lipinski definition) is 3. The van der Waals surface area contributed by atoms with Crippen molar-refractivity contribution in [1.29, 1.82) is 0 Å². The van der Waals surface area contributed by atoms with E-state index in [1.54, 1.807) is 18.3 Å². The number of aromatic nitrogens is 1. The third-order valence-electron chi connectivity index (χ3n) is 3.90. The second kappa shape index (κ2) is 8.67. The highest BCUT2D eigenvalue weighted by Crippen LogP contribution is 2.28. The van der Waals surface area contributed by atoms with Gasteiger partial charge < -0.3 is 16.8 Å². The number of nitrogens with one attached hydrogen (secondary N) is 1. The molecular formula is C20H21ClFN5O. The van der Waals surface area contributed by atoms with Crippen LogP contribution in [0, 0.1) is 5.82 Å². The van der Waals surface area contributed by atoms with Crippen LogP contribution in [0.3, 0.4) is 0 Å². The zero-order chi connectivity index (χ0) is 20.9. The fourth-order valence-electron chi connectivity index (χ4n) is 2.52. The van der Waals surface area contributed by atoms with Gasteiger partial charge in [-0.05, 0) is 44.2 Å². The lowest BCUT2D eigenvalue weighted by Gasteiger charge is -2.21. The van der Waals surface area contributed by atoms with Crippen molar-refractivity contribution in [2.45, 2.75) is 19.4 Å². The lowest BCUT2D eigenvalue weighted by atomic mass is 10.0. The summed E-state index contributed by atoms with van der Waals surface area (Å²) in [6.07, 6.45) is 4.47. The smallest absolute Gasteiger partial charge is 0.248 e. The van der Waals surface area contributed by atoms with E-state index in [2.05, 4.69) is 21.9 Å². The molecular weight excluding hydrogens is 381 g/mol. The first kappa shape index (κ1) is 21.1. The molecule has 0 radical (unpaired) electrons. The van der Waals surface area contributed by atoms with Crippen LogP contribution in [0.4, 0.5) is 4.39 Å². The number of carbonyl (C=O) groups is 1. The highest BCUT2D eigenvalue weighted by Gasteiger charge is 2.24. The first-order chi connectivity index (χ1) is 13.2. The molecule has 0 saturated carbocycles. The average molecular weight is 402 g/mol. The predicted molar refractivity (Wildman–Crippen MR) is 110 cm³/mol. The van der Waals surface area contributed by atoms with E-state index in [9.17, 15) is 9.18 Å². The third kappa shape index (κ3) is 4.95. The maximum atomic E-state index is 14.2. The van der Waals surface area contributed by atoms with E-state index in [-0.39, 0.29) is 17.1 Å². The van der Waals surface area contributed by atoms with Gasteiger partial charge in [0.15, 0.2) is 5.96 Å². The van der Waals surface area contributed by atoms with E-state index in [4.69, 9.17) is 23.1 Å². The molecule has 0 bridgehead atoms. The van der Waals surface area contributed by atoms with E-state index >= 15 is 0 Å². The molecule has 1 aromatic carbocycles. The molecule has 8 heteroatoms. The van der Waals surface area contributed by atoms with E-state index < -0.39 is 17.3 Å². The monoisotopic (exact) mass is 401 g/mol. The van der Waals surface area contributed by atoms with Crippen LogP contribution < -0.4 is 16.8 Å². The molecule has 1 aromatic heterocycles. The molecule has 1 heterocycles. The van der Waals surface area contributed by atoms with Crippen LogP contribution in [0.5, 0.6) is 0 Å². The van der Waals surface area contributed by atoms with E-state index in [0.717, 1.165) is 6.07 Å². The van der Waals surface area contributed by atoms with Gasteiger partial charge in [0.2, 0.25) is 5.91 Å². The third-order valence-corrected chi connectivity index (χ3v) is 4.20. The van der Waals surface area contributed by atoms with Crippen LogP contribution in [0.25, 0.3) is 5.57 Å². The molecule has 0 aliphatic heterocycles. The Hall–Kier alpha value is -3.19. The molecule has 6 nitrogen and oxygen atoms in total. The summed E-state index contributed by atoms with van der Waals surface area (Å²) in [5, 5.41) is 3.26. The standard InChI is InChI=1S/C20H21ClFN5O/c1-4-12(14-10-13(18(23)28)7-8-16(14)22)11-26-19(24)27-20(2,3)17-15(21)6-5-9-25-17/h4-11H,1H2,2-3H3,(H2,23,28)(H3,24,26,27)/b12-11+. The van der Waals surface area contributed by atoms with Crippen molar-refractivity contribution in [3.05, 3.63) is 83.0 Å². The van der Waals surface area contributed by atoms with Gasteiger partial charge in [-0.15, -0.1) is 0 Å². The highest BCUT2D eigenvalue weighted by molar-refractivity contribution is 6.31. The number of hydrogen-bond donors (Lipinski definition) is 3. The van der Waals surface area contributed by atoms with Gasteiger partial charge in [-0.25, -0.2) is 9.38 Å². The summed E-state index contributed by atoms with van der Waals surface area (Å²) in [5.41, 5.74) is 11.7. The number of nitrogens with zero attached hydrogens (tertiary/aromatic N) is 2. The van der Waals surface area contributed by atoms with Crippen molar-refractivity contribution in [3.8, 4) is 0 Å². The van der Waals surface area contributed by atoms with Gasteiger partial charge in [0.05, 0.1) is 10.7 Å². The predicted octanol–water partition coefficient (Wildman–Crippen LogP) is 3.34. The molecule has 1 amide bonds. The normalized spacial score (nSPS) is 12.6. The van der Waals surface area contributed by atoms with E-state index in [1.165, 1.54) is 24.4 Å². The Bertz CT molecular complexity index is 969. The maximum Gasteiger partial charge on any atom is 0.248 e. The van der Waals surface area contributed by atoms with E-state index in [1.807, 2.05) is 13.8 Å². The topological polar surface area (TPSA) is 106 Å². The highest BCUT2D eigenvalue weighted by atomic mass is 35.5. The first-order valence-corrected chi connectivity index (χ1v) is 8.68. The lowest BCUT2D eigenvalue weighted by Crippen LogP contribution is -2.32. The van der Waals surface area contributed by atoms with Gasteiger partial charge in [0.1, 0.15) is 11.4 Å². The number of pyridine rings is 1. The minimum Gasteiger partial charge on any atom is -0.370 e. The number of guanidine groups is 1. The van der Waals surface area contributed by atoms with Crippen molar-refractivity contribution in [1.82, 2.24) is 10.3 Å². The largest absolute Gasteiger partial charge is 0.370 e. The summed E-state index contributed by atoms with van der Waals surface area (Å²) in [6, 6.07) is 7.26. The number of nitrogens with two attached hydrogens (primary N) is 2. The lowest BCUT2D eigenvalue weighted by molar-refractivity contribution is 0.1000. The summed E-state index contributed by atoms with van der Waals surface area (Å²) >= 11 is 6.18. The van der Waals surface area contributed by atoms with Crippen LogP contribution in [-0.4, -0.2) is 16.9 Å². The van der Waals surface area contributed by atoms with Crippen LogP contribution in [-0.2, 0) is 5.54 Å². The van der Waals surface area contributed by atoms with Gasteiger partial charge >= 0.3 is 0 Å². The number of amides is 1. The molecule has 2 rings (SSSR count). The molecule has 0 saturated heterocycles. The Morgan fingerprint density at radius 2 is 2.07 bits per heavy atom. The van der Waals surface area contributed by atoms with Gasteiger partial charge in [-0.3, -0.25) is 9.78 Å². The van der Waals surface area contributed by atoms with Gasteiger partial charge in [0, 0.05) is 29.1 Å². The van der Waals surface area contributed by atoms with E-state index in [0.29, 0.717) is 16.3 Å². The number of aliphatic imine (C=N–C) groups is 1. The number of benzene rings is 1. The molecule has 0 aliphatic rings. The Balaban J connectivity index is 2.31. The molecule has 0 spiro atoms.